The molecule has 1 aromatic carbocycles. The summed E-state index contributed by atoms with van der Waals surface area (Å²) in [7, 11) is -2.24. The maximum absolute atomic E-state index is 13.8. The Kier molecular flexibility index (Phi) is 5.38. The van der Waals surface area contributed by atoms with E-state index in [1.54, 1.807) is 11.8 Å². The number of rotatable bonds is 6. The van der Waals surface area contributed by atoms with Gasteiger partial charge in [0.2, 0.25) is 10.0 Å². The third-order valence-corrected chi connectivity index (χ3v) is 5.44. The van der Waals surface area contributed by atoms with Gasteiger partial charge in [-0.2, -0.15) is 5.10 Å². The van der Waals surface area contributed by atoms with E-state index >= 15 is 0 Å². The summed E-state index contributed by atoms with van der Waals surface area (Å²) in [6.07, 6.45) is 1.36. The fraction of sp³-hybridized carbons (Fsp3) is 0.467. The van der Waals surface area contributed by atoms with Gasteiger partial charge in [0.15, 0.2) is 5.82 Å². The predicted octanol–water partition coefficient (Wildman–Crippen LogP) is 2.17. The van der Waals surface area contributed by atoms with Crippen LogP contribution in [0.2, 0.25) is 5.02 Å². The van der Waals surface area contributed by atoms with Gasteiger partial charge in [0.1, 0.15) is 18.2 Å². The highest BCUT2D eigenvalue weighted by atomic mass is 35.5. The minimum absolute atomic E-state index is 0.0253. The second-order valence-corrected chi connectivity index (χ2v) is 8.04. The van der Waals surface area contributed by atoms with Crippen LogP contribution >= 0.6 is 11.6 Å². The Morgan fingerprint density at radius 1 is 1.48 bits per heavy atom. The van der Waals surface area contributed by atoms with Crippen molar-refractivity contribution >= 4 is 21.6 Å². The molecule has 0 fully saturated rings. The molecule has 0 radical (unpaired) electrons. The van der Waals surface area contributed by atoms with Crippen LogP contribution in [0, 0.1) is 5.82 Å². The molecule has 0 aliphatic carbocycles. The molecule has 1 aliphatic rings. The molecule has 1 N–H and O–H groups in total. The zero-order chi connectivity index (χ0) is 18.0. The first-order valence-corrected chi connectivity index (χ1v) is 9.77. The fourth-order valence-corrected chi connectivity index (χ4v) is 4.38. The lowest BCUT2D eigenvalue weighted by atomic mass is 10.1. The van der Waals surface area contributed by atoms with Crippen molar-refractivity contribution in [2.45, 2.75) is 37.8 Å². The Balaban J connectivity index is 1.79. The monoisotopic (exact) mass is 388 g/mol. The van der Waals surface area contributed by atoms with Crippen LogP contribution < -0.4 is 4.72 Å². The summed E-state index contributed by atoms with van der Waals surface area (Å²) in [4.78, 5) is 4.35. The number of hydrogen-bond acceptors (Lipinski definition) is 5. The molecule has 0 saturated heterocycles. The lowest BCUT2D eigenvalue weighted by Gasteiger charge is -2.23. The zero-order valence-electron chi connectivity index (χ0n) is 13.6. The Hall–Kier alpha value is -1.55. The molecule has 0 amide bonds. The Morgan fingerprint density at radius 3 is 3.04 bits per heavy atom. The lowest BCUT2D eigenvalue weighted by Crippen LogP contribution is -2.34. The molecule has 2 heterocycles. The number of methoxy groups -OCH3 is 1. The molecule has 0 bridgehead atoms. The average molecular weight is 389 g/mol. The van der Waals surface area contributed by atoms with Gasteiger partial charge < -0.3 is 4.74 Å². The van der Waals surface area contributed by atoms with Crippen molar-refractivity contribution in [3.05, 3.63) is 46.3 Å². The molecule has 3 rings (SSSR count). The van der Waals surface area contributed by atoms with Gasteiger partial charge in [0.05, 0.1) is 11.8 Å². The van der Waals surface area contributed by atoms with Crippen LogP contribution in [0.5, 0.6) is 0 Å². The van der Waals surface area contributed by atoms with E-state index in [9.17, 15) is 12.8 Å². The highest BCUT2D eigenvalue weighted by molar-refractivity contribution is 7.88. The lowest BCUT2D eigenvalue weighted by molar-refractivity contribution is 0.177. The van der Waals surface area contributed by atoms with Gasteiger partial charge in [-0.05, 0) is 31.0 Å². The molecular weight excluding hydrogens is 371 g/mol. The number of aromatic nitrogens is 3. The van der Waals surface area contributed by atoms with E-state index in [-0.39, 0.29) is 17.2 Å². The Morgan fingerprint density at radius 2 is 2.28 bits per heavy atom. The SMILES string of the molecule is COCc1nc2n(n1)CCCC2NS(=O)(=O)Cc1cc(Cl)ccc1F. The third-order valence-electron chi connectivity index (χ3n) is 3.87. The van der Waals surface area contributed by atoms with E-state index in [0.717, 1.165) is 12.5 Å². The van der Waals surface area contributed by atoms with E-state index in [1.165, 1.54) is 12.1 Å². The average Bonchev–Trinajstić information content (AvgIpc) is 2.94. The van der Waals surface area contributed by atoms with E-state index in [0.29, 0.717) is 24.6 Å². The Labute approximate surface area is 150 Å². The van der Waals surface area contributed by atoms with Crippen LogP contribution in [0.25, 0.3) is 0 Å². The number of ether oxygens (including phenoxy) is 1. The van der Waals surface area contributed by atoms with Crippen molar-refractivity contribution in [2.75, 3.05) is 7.11 Å². The van der Waals surface area contributed by atoms with E-state index < -0.39 is 27.6 Å². The number of nitrogens with zero attached hydrogens (tertiary/aromatic N) is 3. The van der Waals surface area contributed by atoms with Crippen LogP contribution in [0.4, 0.5) is 4.39 Å². The standard InChI is InChI=1S/C15H18ClFN4O3S/c1-24-8-14-18-15-13(3-2-6-21(15)19-14)20-25(22,23)9-10-7-11(16)4-5-12(10)17/h4-5,7,13,20H,2-3,6,8-9H2,1H3. The Bertz CT molecular complexity index is 872. The highest BCUT2D eigenvalue weighted by Crippen LogP contribution is 2.25. The predicted molar refractivity (Wildman–Crippen MR) is 89.9 cm³/mol. The first kappa shape index (κ1) is 18.2. The summed E-state index contributed by atoms with van der Waals surface area (Å²) in [5.74, 6) is -0.0449. The number of benzene rings is 1. The second kappa shape index (κ2) is 7.36. The van der Waals surface area contributed by atoms with Crippen molar-refractivity contribution in [1.29, 1.82) is 0 Å². The number of aryl methyl sites for hydroxylation is 1. The topological polar surface area (TPSA) is 86.1 Å². The first-order valence-electron chi connectivity index (χ1n) is 7.74. The molecule has 0 saturated carbocycles. The fourth-order valence-electron chi connectivity index (χ4n) is 2.82. The van der Waals surface area contributed by atoms with Gasteiger partial charge in [0, 0.05) is 24.2 Å². The minimum Gasteiger partial charge on any atom is -0.377 e. The summed E-state index contributed by atoms with van der Waals surface area (Å²) in [6, 6.07) is 3.35. The van der Waals surface area contributed by atoms with Gasteiger partial charge >= 0.3 is 0 Å². The second-order valence-electron chi connectivity index (χ2n) is 5.85. The van der Waals surface area contributed by atoms with Crippen molar-refractivity contribution in [3.8, 4) is 0 Å². The molecule has 136 valence electrons. The van der Waals surface area contributed by atoms with Crippen LogP contribution in [0.1, 0.15) is 36.1 Å². The van der Waals surface area contributed by atoms with E-state index in [1.807, 2.05) is 0 Å². The summed E-state index contributed by atoms with van der Waals surface area (Å²) in [5, 5.41) is 4.58. The first-order chi connectivity index (χ1) is 11.9. The van der Waals surface area contributed by atoms with Crippen LogP contribution in [0.15, 0.2) is 18.2 Å². The number of halogens is 2. The molecule has 7 nitrogen and oxygen atoms in total. The maximum Gasteiger partial charge on any atom is 0.216 e. The molecule has 25 heavy (non-hydrogen) atoms. The normalized spacial score (nSPS) is 17.5. The molecule has 1 atom stereocenters. The number of hydrogen-bond donors (Lipinski definition) is 1. The van der Waals surface area contributed by atoms with Crippen LogP contribution in [0.3, 0.4) is 0 Å². The molecule has 1 unspecified atom stereocenters. The van der Waals surface area contributed by atoms with Crippen molar-refractivity contribution < 1.29 is 17.5 Å². The van der Waals surface area contributed by atoms with Crippen molar-refractivity contribution in [3.63, 3.8) is 0 Å². The van der Waals surface area contributed by atoms with Gasteiger partial charge in [-0.25, -0.2) is 27.2 Å². The molecule has 0 spiro atoms. The molecule has 1 aliphatic heterocycles. The van der Waals surface area contributed by atoms with E-state index in [4.69, 9.17) is 16.3 Å². The smallest absolute Gasteiger partial charge is 0.216 e. The zero-order valence-corrected chi connectivity index (χ0v) is 15.1. The summed E-state index contributed by atoms with van der Waals surface area (Å²) >= 11 is 5.82. The maximum atomic E-state index is 13.8. The van der Waals surface area contributed by atoms with Crippen LogP contribution in [-0.4, -0.2) is 30.3 Å². The molecule has 2 aromatic rings. The van der Waals surface area contributed by atoms with Gasteiger partial charge in [-0.1, -0.05) is 11.6 Å². The van der Waals surface area contributed by atoms with Crippen LogP contribution in [-0.2, 0) is 33.7 Å². The molecule has 10 heteroatoms. The van der Waals surface area contributed by atoms with Crippen molar-refractivity contribution in [1.82, 2.24) is 19.5 Å². The largest absolute Gasteiger partial charge is 0.377 e. The van der Waals surface area contributed by atoms with Gasteiger partial charge in [-0.3, -0.25) is 0 Å². The van der Waals surface area contributed by atoms with Crippen molar-refractivity contribution in [2.24, 2.45) is 0 Å². The van der Waals surface area contributed by atoms with Gasteiger partial charge in [-0.15, -0.1) is 0 Å². The van der Waals surface area contributed by atoms with Gasteiger partial charge in [0.25, 0.3) is 0 Å². The third kappa shape index (κ3) is 4.35. The highest BCUT2D eigenvalue weighted by Gasteiger charge is 2.28. The number of nitrogens with one attached hydrogen (secondary N) is 1. The summed E-state index contributed by atoms with van der Waals surface area (Å²) < 4.78 is 48.1. The number of fused-ring (bicyclic) bond motifs is 1. The summed E-state index contributed by atoms with van der Waals surface area (Å²) in [6.45, 7) is 0.931. The summed E-state index contributed by atoms with van der Waals surface area (Å²) in [5.41, 5.74) is 0.0253. The molecule has 1 aromatic heterocycles. The number of sulfonamides is 1. The molecular formula is C15H18ClFN4O3S. The minimum atomic E-state index is -3.78. The van der Waals surface area contributed by atoms with E-state index in [2.05, 4.69) is 14.8 Å². The quantitative estimate of drug-likeness (QED) is 0.819.